The zero-order chi connectivity index (χ0) is 21.3. The summed E-state index contributed by atoms with van der Waals surface area (Å²) in [5, 5.41) is 0. The van der Waals surface area contributed by atoms with Crippen molar-refractivity contribution in [3.8, 4) is 0 Å². The Morgan fingerprint density at radius 1 is 0.767 bits per heavy atom. The Balaban J connectivity index is 1.41. The van der Waals surface area contributed by atoms with Gasteiger partial charge in [0.1, 0.15) is 11.9 Å². The molecule has 0 radical (unpaired) electrons. The molecule has 0 aromatic rings. The van der Waals surface area contributed by atoms with Crippen LogP contribution in [0.1, 0.15) is 98.8 Å². The van der Waals surface area contributed by atoms with Crippen molar-refractivity contribution >= 4 is 11.8 Å². The molecule has 9 atom stereocenters. The van der Waals surface area contributed by atoms with Crippen LogP contribution in [0.2, 0.25) is 0 Å². The Kier molecular flexibility index (Phi) is 3.66. The van der Waals surface area contributed by atoms with Crippen LogP contribution in [0.4, 0.5) is 0 Å². The van der Waals surface area contributed by atoms with Crippen molar-refractivity contribution < 1.29 is 14.3 Å². The average molecular weight is 413 g/mol. The number of esters is 1. The number of ketones is 1. The number of carbonyl (C=O) groups is 2. The fraction of sp³-hybridized carbons (Fsp3) is 0.926. The lowest BCUT2D eigenvalue weighted by atomic mass is 9.32. The van der Waals surface area contributed by atoms with Gasteiger partial charge in [-0.1, -0.05) is 34.6 Å². The molecule has 5 saturated carbocycles. The van der Waals surface area contributed by atoms with Crippen LogP contribution in [0.3, 0.4) is 0 Å². The zero-order valence-electron chi connectivity index (χ0n) is 19.7. The summed E-state index contributed by atoms with van der Waals surface area (Å²) in [4.78, 5) is 25.7. The Bertz CT molecular complexity index is 830. The SMILES string of the molecule is CC1(C)C(=O)CCC2(C)C1CCC1(C)C2CCC2C3C4CCC3(CCC21C)C(=O)O4. The number of hydrogen-bond donors (Lipinski definition) is 0. The summed E-state index contributed by atoms with van der Waals surface area (Å²) in [5.41, 5.74) is 0.560. The average Bonchev–Trinajstić information content (AvgIpc) is 3.18. The van der Waals surface area contributed by atoms with Crippen molar-refractivity contribution in [2.24, 2.45) is 50.7 Å². The molecule has 0 spiro atoms. The number of rotatable bonds is 0. The van der Waals surface area contributed by atoms with Crippen molar-refractivity contribution in [1.82, 2.24) is 0 Å². The van der Waals surface area contributed by atoms with Gasteiger partial charge in [-0.2, -0.15) is 0 Å². The third kappa shape index (κ3) is 1.93. The first kappa shape index (κ1) is 19.8. The fourth-order valence-corrected chi connectivity index (χ4v) is 11.1. The molecule has 6 fully saturated rings. The maximum atomic E-state index is 12.8. The second kappa shape index (κ2) is 5.54. The molecule has 1 saturated heterocycles. The summed E-state index contributed by atoms with van der Waals surface area (Å²) in [6, 6.07) is 0. The van der Waals surface area contributed by atoms with Crippen molar-refractivity contribution in [3.63, 3.8) is 0 Å². The van der Waals surface area contributed by atoms with Gasteiger partial charge in [0.2, 0.25) is 0 Å². The Morgan fingerprint density at radius 3 is 2.27 bits per heavy atom. The minimum absolute atomic E-state index is 0.140. The van der Waals surface area contributed by atoms with Crippen LogP contribution < -0.4 is 0 Å². The van der Waals surface area contributed by atoms with Gasteiger partial charge in [-0.15, -0.1) is 0 Å². The van der Waals surface area contributed by atoms with Crippen LogP contribution in [0.5, 0.6) is 0 Å². The standard InChI is InChI=1S/C27H40O3/c1-23(2)18-9-12-26(5)19(24(18,3)11-10-20(23)28)7-6-16-21-17-8-13-27(21,22(29)30-17)15-14-25(16,26)4/h16-19,21H,6-15H2,1-5H3. The smallest absolute Gasteiger partial charge is 0.312 e. The molecule has 0 aromatic carbocycles. The summed E-state index contributed by atoms with van der Waals surface area (Å²) < 4.78 is 5.93. The van der Waals surface area contributed by atoms with Gasteiger partial charge in [0.25, 0.3) is 0 Å². The number of Topliss-reactive ketones (excluding diaryl/α,β-unsaturated/α-hetero) is 1. The van der Waals surface area contributed by atoms with Crippen LogP contribution in [0.25, 0.3) is 0 Å². The molecule has 6 rings (SSSR count). The van der Waals surface area contributed by atoms with E-state index < -0.39 is 0 Å². The highest BCUT2D eigenvalue weighted by Gasteiger charge is 2.74. The number of carbonyl (C=O) groups excluding carboxylic acids is 2. The number of fused-ring (bicyclic) bond motifs is 5. The lowest BCUT2D eigenvalue weighted by Gasteiger charge is -2.71. The van der Waals surface area contributed by atoms with Gasteiger partial charge in [-0.3, -0.25) is 9.59 Å². The Hall–Kier alpha value is -0.860. The summed E-state index contributed by atoms with van der Waals surface area (Å²) in [6.07, 6.45) is 11.4. The third-order valence-corrected chi connectivity index (χ3v) is 12.8. The molecule has 6 aliphatic rings. The lowest BCUT2D eigenvalue weighted by Crippen LogP contribution is -2.66. The van der Waals surface area contributed by atoms with Crippen LogP contribution in [0, 0.1) is 50.7 Å². The quantitative estimate of drug-likeness (QED) is 0.462. The van der Waals surface area contributed by atoms with Crippen LogP contribution in [-0.4, -0.2) is 17.9 Å². The van der Waals surface area contributed by atoms with Gasteiger partial charge in [-0.25, -0.2) is 0 Å². The van der Waals surface area contributed by atoms with Gasteiger partial charge >= 0.3 is 5.97 Å². The molecule has 5 aliphatic carbocycles. The van der Waals surface area contributed by atoms with Crippen molar-refractivity contribution in [2.75, 3.05) is 0 Å². The predicted molar refractivity (Wildman–Crippen MR) is 116 cm³/mol. The Morgan fingerprint density at radius 2 is 1.53 bits per heavy atom. The third-order valence-electron chi connectivity index (χ3n) is 12.8. The fourth-order valence-electron chi connectivity index (χ4n) is 11.1. The predicted octanol–water partition coefficient (Wildman–Crippen LogP) is 5.95. The van der Waals surface area contributed by atoms with Crippen molar-refractivity contribution in [3.05, 3.63) is 0 Å². The minimum Gasteiger partial charge on any atom is -0.462 e. The topological polar surface area (TPSA) is 43.4 Å². The number of ether oxygens (including phenoxy) is 1. The first-order chi connectivity index (χ1) is 14.0. The highest BCUT2D eigenvalue weighted by atomic mass is 16.6. The molecule has 3 heteroatoms. The van der Waals surface area contributed by atoms with E-state index in [-0.39, 0.29) is 28.3 Å². The van der Waals surface area contributed by atoms with E-state index in [0.29, 0.717) is 40.3 Å². The summed E-state index contributed by atoms with van der Waals surface area (Å²) >= 11 is 0. The van der Waals surface area contributed by atoms with Gasteiger partial charge in [0, 0.05) is 17.8 Å². The van der Waals surface area contributed by atoms with Crippen LogP contribution in [-0.2, 0) is 14.3 Å². The van der Waals surface area contributed by atoms with Gasteiger partial charge in [0.05, 0.1) is 5.41 Å². The zero-order valence-corrected chi connectivity index (χ0v) is 19.7. The minimum atomic E-state index is -0.173. The molecule has 2 bridgehead atoms. The van der Waals surface area contributed by atoms with Gasteiger partial charge < -0.3 is 4.74 Å². The monoisotopic (exact) mass is 412 g/mol. The van der Waals surface area contributed by atoms with E-state index in [2.05, 4.69) is 34.6 Å². The molecule has 9 unspecified atom stereocenters. The van der Waals surface area contributed by atoms with Crippen molar-refractivity contribution in [2.45, 2.75) is 105 Å². The summed E-state index contributed by atoms with van der Waals surface area (Å²) in [7, 11) is 0. The van der Waals surface area contributed by atoms with E-state index in [1.54, 1.807) is 0 Å². The molecular weight excluding hydrogens is 372 g/mol. The highest BCUT2D eigenvalue weighted by molar-refractivity contribution is 5.85. The van der Waals surface area contributed by atoms with Gasteiger partial charge in [0.15, 0.2) is 0 Å². The molecule has 1 heterocycles. The number of hydrogen-bond acceptors (Lipinski definition) is 3. The largest absolute Gasteiger partial charge is 0.462 e. The van der Waals surface area contributed by atoms with E-state index in [0.717, 1.165) is 32.1 Å². The van der Waals surface area contributed by atoms with E-state index in [1.807, 2.05) is 0 Å². The Labute approximate surface area is 182 Å². The molecule has 0 aromatic heterocycles. The van der Waals surface area contributed by atoms with Crippen molar-refractivity contribution in [1.29, 1.82) is 0 Å². The van der Waals surface area contributed by atoms with E-state index in [4.69, 9.17) is 4.74 Å². The maximum Gasteiger partial charge on any atom is 0.312 e. The normalized spacial score (nSPS) is 58.4. The first-order valence-corrected chi connectivity index (χ1v) is 12.8. The van der Waals surface area contributed by atoms with E-state index in [1.165, 1.54) is 32.1 Å². The first-order valence-electron chi connectivity index (χ1n) is 12.8. The van der Waals surface area contributed by atoms with E-state index >= 15 is 0 Å². The van der Waals surface area contributed by atoms with Crippen LogP contribution in [0.15, 0.2) is 0 Å². The molecule has 0 amide bonds. The highest BCUT2D eigenvalue weighted by Crippen LogP contribution is 2.77. The molecule has 166 valence electrons. The molecule has 30 heavy (non-hydrogen) atoms. The summed E-state index contributed by atoms with van der Waals surface area (Å²) in [5.74, 6) is 2.95. The molecular formula is C27H40O3. The molecule has 3 nitrogen and oxygen atoms in total. The van der Waals surface area contributed by atoms with E-state index in [9.17, 15) is 9.59 Å². The van der Waals surface area contributed by atoms with Crippen LogP contribution >= 0.6 is 0 Å². The summed E-state index contributed by atoms with van der Waals surface area (Å²) in [6.45, 7) is 12.2. The molecule has 1 aliphatic heterocycles. The molecule has 0 N–H and O–H groups in total. The van der Waals surface area contributed by atoms with Gasteiger partial charge in [-0.05, 0) is 91.8 Å². The maximum absolute atomic E-state index is 12.8. The lowest BCUT2D eigenvalue weighted by molar-refractivity contribution is -0.228. The second-order valence-electron chi connectivity index (χ2n) is 13.5. The second-order valence-corrected chi connectivity index (χ2v) is 13.5.